The summed E-state index contributed by atoms with van der Waals surface area (Å²) in [6, 6.07) is 1.93. The molecule has 0 spiro atoms. The molecule has 0 radical (unpaired) electrons. The summed E-state index contributed by atoms with van der Waals surface area (Å²) < 4.78 is 0. The number of aromatic nitrogens is 1. The van der Waals surface area contributed by atoms with E-state index in [9.17, 15) is 0 Å². The molecule has 1 fully saturated rings. The molecule has 3 heteroatoms. The molecule has 0 aliphatic heterocycles. The number of aryl methyl sites for hydroxylation is 1. The average molecular weight is 191 g/mol. The smallest absolute Gasteiger partial charge is 0.149 e. The van der Waals surface area contributed by atoms with E-state index < -0.39 is 0 Å². The first kappa shape index (κ1) is 9.31. The van der Waals surface area contributed by atoms with Crippen LogP contribution in [0.4, 0.5) is 11.5 Å². The molecule has 0 atom stereocenters. The van der Waals surface area contributed by atoms with Gasteiger partial charge in [0.05, 0.1) is 5.69 Å². The molecule has 1 aliphatic rings. The van der Waals surface area contributed by atoms with Crippen LogP contribution in [0.1, 0.15) is 31.7 Å². The zero-order valence-electron chi connectivity index (χ0n) is 8.80. The molecule has 1 saturated carbocycles. The second-order valence-electron chi connectivity index (χ2n) is 4.43. The third kappa shape index (κ3) is 1.54. The lowest BCUT2D eigenvalue weighted by Gasteiger charge is -2.39. The largest absolute Gasteiger partial charge is 0.396 e. The van der Waals surface area contributed by atoms with E-state index in [2.05, 4.69) is 17.2 Å². The highest BCUT2D eigenvalue weighted by Gasteiger charge is 2.32. The van der Waals surface area contributed by atoms with Crippen molar-refractivity contribution in [3.63, 3.8) is 0 Å². The number of hydrogen-bond donors (Lipinski definition) is 2. The number of nitrogens with two attached hydrogens (primary N) is 1. The second kappa shape index (κ2) is 3.15. The summed E-state index contributed by atoms with van der Waals surface area (Å²) in [6.45, 7) is 4.23. The third-order valence-electron chi connectivity index (χ3n) is 3.09. The van der Waals surface area contributed by atoms with Gasteiger partial charge in [0.15, 0.2) is 0 Å². The van der Waals surface area contributed by atoms with Crippen molar-refractivity contribution in [2.24, 2.45) is 0 Å². The molecular formula is C11H17N3. The third-order valence-corrected chi connectivity index (χ3v) is 3.09. The normalized spacial score (nSPS) is 18.7. The highest BCUT2D eigenvalue weighted by atomic mass is 15.1. The van der Waals surface area contributed by atoms with Crippen LogP contribution >= 0.6 is 0 Å². The minimum absolute atomic E-state index is 0.217. The van der Waals surface area contributed by atoms with E-state index in [-0.39, 0.29) is 5.54 Å². The molecule has 1 aromatic heterocycles. The molecule has 1 heterocycles. The van der Waals surface area contributed by atoms with Crippen molar-refractivity contribution in [1.82, 2.24) is 4.98 Å². The van der Waals surface area contributed by atoms with Gasteiger partial charge in [-0.05, 0) is 44.7 Å². The van der Waals surface area contributed by atoms with E-state index in [4.69, 9.17) is 5.73 Å². The molecule has 1 aliphatic carbocycles. The van der Waals surface area contributed by atoms with Crippen LogP contribution in [0.25, 0.3) is 0 Å². The summed E-state index contributed by atoms with van der Waals surface area (Å²) in [6.07, 6.45) is 5.52. The highest BCUT2D eigenvalue weighted by molar-refractivity contribution is 5.65. The monoisotopic (exact) mass is 191 g/mol. The molecule has 0 amide bonds. The Kier molecular flexibility index (Phi) is 2.10. The molecule has 1 aromatic rings. The van der Waals surface area contributed by atoms with Gasteiger partial charge in [-0.25, -0.2) is 4.98 Å². The van der Waals surface area contributed by atoms with Crippen molar-refractivity contribution >= 4 is 11.5 Å². The van der Waals surface area contributed by atoms with Crippen LogP contribution in [0.3, 0.4) is 0 Å². The zero-order valence-corrected chi connectivity index (χ0v) is 8.80. The maximum Gasteiger partial charge on any atom is 0.149 e. The Bertz CT molecular complexity index is 342. The van der Waals surface area contributed by atoms with Crippen LogP contribution in [-0.2, 0) is 0 Å². The summed E-state index contributed by atoms with van der Waals surface area (Å²) in [5.74, 6) is 0.840. The summed E-state index contributed by atoms with van der Waals surface area (Å²) in [5.41, 5.74) is 8.03. The van der Waals surface area contributed by atoms with Gasteiger partial charge in [-0.3, -0.25) is 0 Å². The van der Waals surface area contributed by atoms with Gasteiger partial charge in [0.25, 0.3) is 0 Å². The second-order valence-corrected chi connectivity index (χ2v) is 4.43. The van der Waals surface area contributed by atoms with Gasteiger partial charge in [-0.1, -0.05) is 0 Å². The summed E-state index contributed by atoms with van der Waals surface area (Å²) in [4.78, 5) is 4.27. The predicted molar refractivity (Wildman–Crippen MR) is 59.3 cm³/mol. The van der Waals surface area contributed by atoms with Crippen molar-refractivity contribution < 1.29 is 0 Å². The Hall–Kier alpha value is -1.25. The van der Waals surface area contributed by atoms with Crippen molar-refractivity contribution in [1.29, 1.82) is 0 Å². The number of hydrogen-bond acceptors (Lipinski definition) is 3. The molecule has 14 heavy (non-hydrogen) atoms. The first-order valence-electron chi connectivity index (χ1n) is 5.10. The topological polar surface area (TPSA) is 50.9 Å². The summed E-state index contributed by atoms with van der Waals surface area (Å²) >= 11 is 0. The van der Waals surface area contributed by atoms with Crippen LogP contribution in [0.5, 0.6) is 0 Å². The van der Waals surface area contributed by atoms with Crippen molar-refractivity contribution in [3.05, 3.63) is 17.8 Å². The van der Waals surface area contributed by atoms with E-state index in [1.165, 1.54) is 19.3 Å². The fourth-order valence-corrected chi connectivity index (χ4v) is 1.79. The lowest BCUT2D eigenvalue weighted by Crippen LogP contribution is -2.42. The van der Waals surface area contributed by atoms with Crippen LogP contribution < -0.4 is 11.1 Å². The predicted octanol–water partition coefficient (Wildman–Crippen LogP) is 2.33. The lowest BCUT2D eigenvalue weighted by atomic mass is 9.78. The number of pyridine rings is 1. The molecule has 2 rings (SSSR count). The Labute approximate surface area is 84.7 Å². The van der Waals surface area contributed by atoms with Gasteiger partial charge in [0.2, 0.25) is 0 Å². The Balaban J connectivity index is 2.20. The van der Waals surface area contributed by atoms with Crippen molar-refractivity contribution in [2.75, 3.05) is 11.1 Å². The van der Waals surface area contributed by atoms with E-state index in [0.29, 0.717) is 0 Å². The maximum atomic E-state index is 5.94. The lowest BCUT2D eigenvalue weighted by molar-refractivity contribution is 0.306. The fraction of sp³-hybridized carbons (Fsp3) is 0.545. The van der Waals surface area contributed by atoms with Gasteiger partial charge < -0.3 is 11.1 Å². The van der Waals surface area contributed by atoms with E-state index in [1.807, 2.05) is 13.0 Å². The van der Waals surface area contributed by atoms with Crippen LogP contribution in [-0.4, -0.2) is 10.5 Å². The van der Waals surface area contributed by atoms with Gasteiger partial charge >= 0.3 is 0 Å². The summed E-state index contributed by atoms with van der Waals surface area (Å²) in [5, 5.41) is 3.43. The standard InChI is InChI=1S/C11H17N3/c1-8-4-7-13-10(9(8)12)14-11(2)5-3-6-11/h4,7H,3,5-6,12H2,1-2H3,(H,13,14). The van der Waals surface area contributed by atoms with Crippen LogP contribution in [0, 0.1) is 6.92 Å². The van der Waals surface area contributed by atoms with Gasteiger partial charge in [-0.15, -0.1) is 0 Å². The fourth-order valence-electron chi connectivity index (χ4n) is 1.79. The first-order chi connectivity index (χ1) is 6.61. The quantitative estimate of drug-likeness (QED) is 0.754. The number of anilines is 2. The molecular weight excluding hydrogens is 174 g/mol. The van der Waals surface area contributed by atoms with Crippen molar-refractivity contribution in [3.8, 4) is 0 Å². The molecule has 76 valence electrons. The molecule has 0 unspecified atom stereocenters. The Morgan fingerprint density at radius 1 is 1.50 bits per heavy atom. The highest BCUT2D eigenvalue weighted by Crippen LogP contribution is 2.35. The molecule has 3 nitrogen and oxygen atoms in total. The average Bonchev–Trinajstić information content (AvgIpc) is 2.10. The van der Waals surface area contributed by atoms with E-state index >= 15 is 0 Å². The van der Waals surface area contributed by atoms with Crippen LogP contribution in [0.15, 0.2) is 12.3 Å². The van der Waals surface area contributed by atoms with E-state index in [1.54, 1.807) is 6.20 Å². The molecule has 0 bridgehead atoms. The maximum absolute atomic E-state index is 5.94. The SMILES string of the molecule is Cc1ccnc(NC2(C)CCC2)c1N. The van der Waals surface area contributed by atoms with E-state index in [0.717, 1.165) is 17.1 Å². The van der Waals surface area contributed by atoms with Gasteiger partial charge in [0.1, 0.15) is 5.82 Å². The van der Waals surface area contributed by atoms with Crippen molar-refractivity contribution in [2.45, 2.75) is 38.6 Å². The van der Waals surface area contributed by atoms with Gasteiger partial charge in [0, 0.05) is 11.7 Å². The Morgan fingerprint density at radius 3 is 2.79 bits per heavy atom. The molecule has 0 aromatic carbocycles. The number of nitrogens with one attached hydrogen (secondary N) is 1. The molecule has 3 N–H and O–H groups in total. The zero-order chi connectivity index (χ0) is 10.2. The van der Waals surface area contributed by atoms with Gasteiger partial charge in [-0.2, -0.15) is 0 Å². The minimum atomic E-state index is 0.217. The number of nitrogen functional groups attached to an aromatic ring is 1. The summed E-state index contributed by atoms with van der Waals surface area (Å²) in [7, 11) is 0. The molecule has 0 saturated heterocycles. The first-order valence-corrected chi connectivity index (χ1v) is 5.10. The Morgan fingerprint density at radius 2 is 2.21 bits per heavy atom. The number of nitrogens with zero attached hydrogens (tertiary/aromatic N) is 1. The minimum Gasteiger partial charge on any atom is -0.396 e. The number of rotatable bonds is 2. The van der Waals surface area contributed by atoms with Crippen LogP contribution in [0.2, 0.25) is 0 Å².